The van der Waals surface area contributed by atoms with Gasteiger partial charge in [0.05, 0.1) is 6.42 Å². The van der Waals surface area contributed by atoms with Crippen LogP contribution in [0.25, 0.3) is 0 Å². The summed E-state index contributed by atoms with van der Waals surface area (Å²) in [5, 5.41) is 8.57. The van der Waals surface area contributed by atoms with Crippen LogP contribution in [-0.2, 0) is 16.1 Å². The number of pyridine rings is 1. The predicted octanol–water partition coefficient (Wildman–Crippen LogP) is 1.26. The fourth-order valence-electron chi connectivity index (χ4n) is 2.04. The number of aromatic nitrogens is 1. The Hall–Kier alpha value is -2.11. The standard InChI is InChI=1S/C15H22N2O4/c1-12-6-5-8-14(19)17(12)10-4-3-7-13(18)16(2)11-9-15(20)21/h5-6,8H,3-4,7,9-11H2,1-2H3,(H,20,21). The lowest BCUT2D eigenvalue weighted by Gasteiger charge is -2.16. The molecule has 0 aliphatic heterocycles. The van der Waals surface area contributed by atoms with Crippen molar-refractivity contribution in [3.63, 3.8) is 0 Å². The van der Waals surface area contributed by atoms with Gasteiger partial charge in [0.25, 0.3) is 5.56 Å². The summed E-state index contributed by atoms with van der Waals surface area (Å²) in [7, 11) is 1.61. The van der Waals surface area contributed by atoms with E-state index in [1.807, 2.05) is 13.0 Å². The van der Waals surface area contributed by atoms with Gasteiger partial charge in [-0.1, -0.05) is 6.07 Å². The molecule has 0 fully saturated rings. The zero-order valence-corrected chi connectivity index (χ0v) is 12.5. The summed E-state index contributed by atoms with van der Waals surface area (Å²) in [5.74, 6) is -0.970. The quantitative estimate of drug-likeness (QED) is 0.732. The highest BCUT2D eigenvalue weighted by molar-refractivity contribution is 5.76. The highest BCUT2D eigenvalue weighted by Gasteiger charge is 2.10. The van der Waals surface area contributed by atoms with Crippen LogP contribution in [0.15, 0.2) is 23.0 Å². The molecule has 1 rings (SSSR count). The first-order chi connectivity index (χ1) is 9.91. The number of aryl methyl sites for hydroxylation is 1. The van der Waals surface area contributed by atoms with Crippen LogP contribution in [-0.4, -0.2) is 40.0 Å². The summed E-state index contributed by atoms with van der Waals surface area (Å²) in [6.07, 6.45) is 1.75. The molecular weight excluding hydrogens is 272 g/mol. The second-order valence-corrected chi connectivity index (χ2v) is 5.07. The molecule has 0 radical (unpaired) electrons. The maximum absolute atomic E-state index is 11.8. The lowest BCUT2D eigenvalue weighted by atomic mass is 10.2. The summed E-state index contributed by atoms with van der Waals surface area (Å²) in [6, 6.07) is 5.14. The molecular formula is C15H22N2O4. The molecule has 1 aromatic rings. The maximum atomic E-state index is 11.8. The van der Waals surface area contributed by atoms with Crippen molar-refractivity contribution in [2.24, 2.45) is 0 Å². The molecule has 6 heteroatoms. The van der Waals surface area contributed by atoms with Gasteiger partial charge in [0.1, 0.15) is 0 Å². The minimum Gasteiger partial charge on any atom is -0.481 e. The van der Waals surface area contributed by atoms with Crippen molar-refractivity contribution in [1.82, 2.24) is 9.47 Å². The molecule has 1 heterocycles. The molecule has 0 saturated carbocycles. The number of nitrogens with zero attached hydrogens (tertiary/aromatic N) is 2. The van der Waals surface area contributed by atoms with Gasteiger partial charge < -0.3 is 14.6 Å². The van der Waals surface area contributed by atoms with Crippen LogP contribution in [0.3, 0.4) is 0 Å². The molecule has 21 heavy (non-hydrogen) atoms. The van der Waals surface area contributed by atoms with Gasteiger partial charge in [-0.15, -0.1) is 0 Å². The van der Waals surface area contributed by atoms with Crippen molar-refractivity contribution >= 4 is 11.9 Å². The minimum absolute atomic E-state index is 0.0279. The summed E-state index contributed by atoms with van der Waals surface area (Å²) in [5.41, 5.74) is 0.882. The molecule has 0 atom stereocenters. The third-order valence-electron chi connectivity index (χ3n) is 3.38. The monoisotopic (exact) mass is 294 g/mol. The number of carbonyl (C=O) groups is 2. The molecule has 0 aromatic carbocycles. The second-order valence-electron chi connectivity index (χ2n) is 5.07. The predicted molar refractivity (Wildman–Crippen MR) is 79.2 cm³/mol. The minimum atomic E-state index is -0.909. The van der Waals surface area contributed by atoms with E-state index in [1.165, 1.54) is 11.0 Å². The molecule has 1 amide bonds. The van der Waals surface area contributed by atoms with Crippen molar-refractivity contribution in [2.45, 2.75) is 39.2 Å². The number of carboxylic acid groups (broad SMARTS) is 1. The first-order valence-electron chi connectivity index (χ1n) is 7.04. The first-order valence-corrected chi connectivity index (χ1v) is 7.04. The summed E-state index contributed by atoms with van der Waals surface area (Å²) in [6.45, 7) is 2.70. The molecule has 0 bridgehead atoms. The number of hydrogen-bond acceptors (Lipinski definition) is 3. The van der Waals surface area contributed by atoms with E-state index >= 15 is 0 Å². The van der Waals surface area contributed by atoms with Crippen LogP contribution in [0.4, 0.5) is 0 Å². The molecule has 116 valence electrons. The fraction of sp³-hybridized carbons (Fsp3) is 0.533. The number of amides is 1. The van der Waals surface area contributed by atoms with E-state index in [4.69, 9.17) is 5.11 Å². The van der Waals surface area contributed by atoms with E-state index in [0.29, 0.717) is 19.4 Å². The van der Waals surface area contributed by atoms with Gasteiger partial charge in [-0.3, -0.25) is 14.4 Å². The van der Waals surface area contributed by atoms with Crippen LogP contribution in [0, 0.1) is 6.92 Å². The zero-order valence-electron chi connectivity index (χ0n) is 12.5. The average molecular weight is 294 g/mol. The summed E-state index contributed by atoms with van der Waals surface area (Å²) >= 11 is 0. The third kappa shape index (κ3) is 5.81. The topological polar surface area (TPSA) is 79.6 Å². The van der Waals surface area contributed by atoms with Gasteiger partial charge in [0.2, 0.25) is 5.91 Å². The highest BCUT2D eigenvalue weighted by Crippen LogP contribution is 2.03. The molecule has 6 nitrogen and oxygen atoms in total. The fourth-order valence-corrected chi connectivity index (χ4v) is 2.04. The highest BCUT2D eigenvalue weighted by atomic mass is 16.4. The van der Waals surface area contributed by atoms with Gasteiger partial charge >= 0.3 is 5.97 Å². The Labute approximate surface area is 124 Å². The molecule has 0 aliphatic carbocycles. The number of carbonyl (C=O) groups excluding carboxylic acids is 1. The van der Waals surface area contributed by atoms with Crippen LogP contribution in [0.1, 0.15) is 31.4 Å². The Morgan fingerprint density at radius 3 is 2.57 bits per heavy atom. The van der Waals surface area contributed by atoms with E-state index in [2.05, 4.69) is 0 Å². The molecule has 0 saturated heterocycles. The Morgan fingerprint density at radius 1 is 1.24 bits per heavy atom. The number of aliphatic carboxylic acids is 1. The SMILES string of the molecule is Cc1cccc(=O)n1CCCCC(=O)N(C)CCC(=O)O. The molecule has 0 spiro atoms. The Morgan fingerprint density at radius 2 is 1.95 bits per heavy atom. The second kappa shape index (κ2) is 8.24. The number of rotatable bonds is 8. The summed E-state index contributed by atoms with van der Waals surface area (Å²) in [4.78, 5) is 35.3. The van der Waals surface area contributed by atoms with Crippen LogP contribution in [0.5, 0.6) is 0 Å². The number of carboxylic acids is 1. The average Bonchev–Trinajstić information content (AvgIpc) is 2.43. The molecule has 0 unspecified atom stereocenters. The van der Waals surface area contributed by atoms with Gasteiger partial charge in [-0.25, -0.2) is 0 Å². The van der Waals surface area contributed by atoms with E-state index in [1.54, 1.807) is 17.7 Å². The lowest BCUT2D eigenvalue weighted by molar-refractivity contribution is -0.138. The maximum Gasteiger partial charge on any atom is 0.305 e. The van der Waals surface area contributed by atoms with Crippen LogP contribution in [0.2, 0.25) is 0 Å². The third-order valence-corrected chi connectivity index (χ3v) is 3.38. The number of unbranched alkanes of at least 4 members (excludes halogenated alkanes) is 1. The normalized spacial score (nSPS) is 10.4. The van der Waals surface area contributed by atoms with Gasteiger partial charge in [-0.05, 0) is 25.8 Å². The van der Waals surface area contributed by atoms with E-state index < -0.39 is 5.97 Å². The van der Waals surface area contributed by atoms with Crippen LogP contribution >= 0.6 is 0 Å². The van der Waals surface area contributed by atoms with Crippen molar-refractivity contribution < 1.29 is 14.7 Å². The van der Waals surface area contributed by atoms with E-state index in [0.717, 1.165) is 12.1 Å². The van der Waals surface area contributed by atoms with Crippen LogP contribution < -0.4 is 5.56 Å². The van der Waals surface area contributed by atoms with Gasteiger partial charge in [0, 0.05) is 38.3 Å². The Kier molecular flexibility index (Phi) is 6.65. The van der Waals surface area contributed by atoms with Crippen molar-refractivity contribution in [3.8, 4) is 0 Å². The van der Waals surface area contributed by atoms with Crippen molar-refractivity contribution in [3.05, 3.63) is 34.2 Å². The largest absolute Gasteiger partial charge is 0.481 e. The Bertz CT molecular complexity index is 551. The Balaban J connectivity index is 2.32. The lowest BCUT2D eigenvalue weighted by Crippen LogP contribution is -2.29. The zero-order chi connectivity index (χ0) is 15.8. The van der Waals surface area contributed by atoms with E-state index in [9.17, 15) is 14.4 Å². The van der Waals surface area contributed by atoms with E-state index in [-0.39, 0.29) is 24.4 Å². The molecule has 1 N–H and O–H groups in total. The van der Waals surface area contributed by atoms with Gasteiger partial charge in [0.15, 0.2) is 0 Å². The van der Waals surface area contributed by atoms with Crippen molar-refractivity contribution in [2.75, 3.05) is 13.6 Å². The van der Waals surface area contributed by atoms with Crippen molar-refractivity contribution in [1.29, 1.82) is 0 Å². The number of hydrogen-bond donors (Lipinski definition) is 1. The summed E-state index contributed by atoms with van der Waals surface area (Å²) < 4.78 is 1.69. The smallest absolute Gasteiger partial charge is 0.305 e. The first kappa shape index (κ1) is 16.9. The van der Waals surface area contributed by atoms with Gasteiger partial charge in [-0.2, -0.15) is 0 Å². The molecule has 1 aromatic heterocycles. The molecule has 0 aliphatic rings.